The van der Waals surface area contributed by atoms with Gasteiger partial charge in [-0.25, -0.2) is 0 Å². The molecule has 3 aromatic rings. The fourth-order valence-electron chi connectivity index (χ4n) is 5.11. The van der Waals surface area contributed by atoms with E-state index in [1.54, 1.807) is 41.4 Å². The largest absolute Gasteiger partial charge is 0.493 e. The van der Waals surface area contributed by atoms with Crippen molar-refractivity contribution in [2.75, 3.05) is 6.61 Å². The number of unbranched alkanes of at least 4 members (excludes halogenated alkanes) is 3. The second-order valence-electron chi connectivity index (χ2n) is 12.8. The van der Waals surface area contributed by atoms with Crippen LogP contribution in [0.25, 0.3) is 0 Å². The van der Waals surface area contributed by atoms with E-state index in [1.165, 1.54) is 38.3 Å². The maximum Gasteiger partial charge on any atom is 0.420 e. The second kappa shape index (κ2) is 22.1. The summed E-state index contributed by atoms with van der Waals surface area (Å²) >= 11 is 0. The molecule has 3 heterocycles. The van der Waals surface area contributed by atoms with Crippen molar-refractivity contribution < 1.29 is 22.7 Å². The Morgan fingerprint density at radius 3 is 2.19 bits per heavy atom. The molecule has 2 aromatic carbocycles. The Bertz CT molecular complexity index is 1670. The molecule has 0 atom stereocenters. The van der Waals surface area contributed by atoms with Gasteiger partial charge in [-0.1, -0.05) is 98.4 Å². The van der Waals surface area contributed by atoms with Gasteiger partial charge in [-0.3, -0.25) is 15.2 Å². The number of nitrogens with one attached hydrogen (secondary N) is 1. The Hall–Kier alpha value is -4.91. The molecular formula is C42H54F3N5O2. The zero-order chi connectivity index (χ0) is 38.7. The van der Waals surface area contributed by atoms with Gasteiger partial charge in [-0.2, -0.15) is 23.5 Å². The average Bonchev–Trinajstić information content (AvgIpc) is 3.58. The number of ether oxygens (including phenoxy) is 1. The number of fused-ring (bicyclic) bond motifs is 1. The zero-order valence-corrected chi connectivity index (χ0v) is 31.7. The van der Waals surface area contributed by atoms with E-state index in [1.807, 2.05) is 51.1 Å². The second-order valence-corrected chi connectivity index (χ2v) is 12.8. The topological polar surface area (TPSA) is 90.6 Å². The lowest BCUT2D eigenvalue weighted by molar-refractivity contribution is -0.0916. The van der Waals surface area contributed by atoms with E-state index in [2.05, 4.69) is 49.8 Å². The number of carbonyl (C=O) groups excluding carboxylic acids is 1. The van der Waals surface area contributed by atoms with Gasteiger partial charge in [0.2, 0.25) is 0 Å². The molecular weight excluding hydrogens is 663 g/mol. The summed E-state index contributed by atoms with van der Waals surface area (Å²) in [7, 11) is 0. The molecule has 52 heavy (non-hydrogen) atoms. The van der Waals surface area contributed by atoms with E-state index < -0.39 is 11.7 Å². The van der Waals surface area contributed by atoms with Crippen molar-refractivity contribution in [1.82, 2.24) is 15.3 Å². The van der Waals surface area contributed by atoms with E-state index >= 15 is 0 Å². The quantitative estimate of drug-likeness (QED) is 0.210. The van der Waals surface area contributed by atoms with Crippen LogP contribution in [0.4, 0.5) is 13.2 Å². The number of nitriles is 1. The number of alkyl halides is 3. The van der Waals surface area contributed by atoms with Crippen LogP contribution in [-0.4, -0.2) is 34.7 Å². The summed E-state index contributed by atoms with van der Waals surface area (Å²) < 4.78 is 46.8. The van der Waals surface area contributed by atoms with Crippen molar-refractivity contribution in [3.63, 3.8) is 0 Å². The number of halogens is 3. The highest BCUT2D eigenvalue weighted by Crippen LogP contribution is 2.37. The molecule has 0 bridgehead atoms. The highest BCUT2D eigenvalue weighted by atomic mass is 19.4. The van der Waals surface area contributed by atoms with E-state index in [0.29, 0.717) is 43.0 Å². The number of Topliss-reactive ketones (excluding diaryl/α,β-unsaturated/α-hetero) is 1. The molecule has 0 saturated carbocycles. The van der Waals surface area contributed by atoms with Gasteiger partial charge in [0.15, 0.2) is 5.78 Å². The first-order valence-corrected chi connectivity index (χ1v) is 18.0. The van der Waals surface area contributed by atoms with Crippen LogP contribution < -0.4 is 10.2 Å². The molecule has 5 rings (SSSR count). The van der Waals surface area contributed by atoms with E-state index in [9.17, 15) is 18.0 Å². The molecule has 10 heteroatoms. The lowest BCUT2D eigenvalue weighted by atomic mass is 10.0. The van der Waals surface area contributed by atoms with Crippen molar-refractivity contribution in [3.8, 4) is 11.8 Å². The molecule has 0 amide bonds. The number of pyridine rings is 1. The number of hydrogen-bond acceptors (Lipinski definition) is 7. The summed E-state index contributed by atoms with van der Waals surface area (Å²) in [5.74, 6) is 0.685. The van der Waals surface area contributed by atoms with Crippen molar-refractivity contribution in [2.24, 2.45) is 11.0 Å². The number of ketones is 1. The molecule has 0 saturated heterocycles. The fourth-order valence-corrected chi connectivity index (χ4v) is 5.11. The van der Waals surface area contributed by atoms with Crippen LogP contribution >= 0.6 is 0 Å². The molecule has 1 N–H and O–H groups in total. The minimum absolute atomic E-state index is 0.0192. The van der Waals surface area contributed by atoms with E-state index in [-0.39, 0.29) is 23.1 Å². The average molecular weight is 718 g/mol. The Balaban J connectivity index is 0.000000426. The van der Waals surface area contributed by atoms with Crippen LogP contribution in [0, 0.1) is 24.2 Å². The first kappa shape index (κ1) is 43.3. The highest BCUT2D eigenvalue weighted by molar-refractivity contribution is 5.97. The van der Waals surface area contributed by atoms with E-state index in [0.717, 1.165) is 22.4 Å². The third kappa shape index (κ3) is 13.7. The summed E-state index contributed by atoms with van der Waals surface area (Å²) in [5.41, 5.74) is 6.52. The van der Waals surface area contributed by atoms with Crippen LogP contribution in [0.2, 0.25) is 0 Å². The summed E-state index contributed by atoms with van der Waals surface area (Å²) in [6, 6.07) is 18.5. The SMILES string of the molecule is C=C1NN=CC(N2Cc3cccc(CCOc4ccc(C(=O)C(C)C)cc4)c3C2)=C1C(F)(F)F.CCCC.CCCCC.Cc1ccc(C#N)cn1. The number of hydrazone groups is 1. The molecule has 2 aliphatic heterocycles. The predicted molar refractivity (Wildman–Crippen MR) is 204 cm³/mol. The molecule has 0 radical (unpaired) electrons. The minimum atomic E-state index is -4.54. The summed E-state index contributed by atoms with van der Waals surface area (Å²) in [4.78, 5) is 17.7. The molecule has 280 valence electrons. The van der Waals surface area contributed by atoms with Crippen molar-refractivity contribution in [1.29, 1.82) is 5.26 Å². The standard InChI is InChI=1S/C26H26F3N3O2.C7H6N2.C5H12.C4H10/c1-16(2)25(33)19-7-9-21(10-8-19)34-12-11-18-5-4-6-20-14-32(15-22(18)20)23-13-30-31-17(3)24(23)26(27,28)29;1-6-2-3-7(4-8)5-9-6;1-3-5-4-2;1-3-4-2/h4-10,13,16,31H,3,11-12,14-15H2,1-2H3;2-3,5H,1H3;3-5H2,1-2H3;3-4H2,1-2H3. The minimum Gasteiger partial charge on any atom is -0.493 e. The van der Waals surface area contributed by atoms with Crippen LogP contribution in [0.5, 0.6) is 5.75 Å². The Kier molecular flexibility index (Phi) is 18.4. The maximum absolute atomic E-state index is 13.7. The normalized spacial score (nSPS) is 13.0. The molecule has 0 spiro atoms. The lowest BCUT2D eigenvalue weighted by Crippen LogP contribution is -2.31. The zero-order valence-electron chi connectivity index (χ0n) is 31.7. The van der Waals surface area contributed by atoms with Crippen LogP contribution in [0.1, 0.15) is 112 Å². The Labute approximate surface area is 308 Å². The third-order valence-electron chi connectivity index (χ3n) is 8.20. The van der Waals surface area contributed by atoms with Crippen molar-refractivity contribution >= 4 is 12.0 Å². The Morgan fingerprint density at radius 1 is 1.00 bits per heavy atom. The first-order chi connectivity index (χ1) is 24.8. The maximum atomic E-state index is 13.7. The molecule has 7 nitrogen and oxygen atoms in total. The van der Waals surface area contributed by atoms with Gasteiger partial charge in [-0.15, -0.1) is 0 Å². The van der Waals surface area contributed by atoms with Gasteiger partial charge in [0.05, 0.1) is 29.8 Å². The summed E-state index contributed by atoms with van der Waals surface area (Å²) in [5, 5.41) is 12.2. The molecule has 1 aromatic heterocycles. The number of benzene rings is 2. The van der Waals surface area contributed by atoms with Gasteiger partial charge in [0.25, 0.3) is 0 Å². The van der Waals surface area contributed by atoms with Crippen LogP contribution in [-0.2, 0) is 19.5 Å². The van der Waals surface area contributed by atoms with Crippen molar-refractivity contribution in [2.45, 2.75) is 106 Å². The first-order valence-electron chi connectivity index (χ1n) is 18.0. The summed E-state index contributed by atoms with van der Waals surface area (Å²) in [6.45, 7) is 19.0. The number of hydrogen-bond donors (Lipinski definition) is 1. The van der Waals surface area contributed by atoms with E-state index in [4.69, 9.17) is 10.00 Å². The predicted octanol–water partition coefficient (Wildman–Crippen LogP) is 10.6. The van der Waals surface area contributed by atoms with Crippen LogP contribution in [0.15, 0.2) is 89.4 Å². The smallest absolute Gasteiger partial charge is 0.420 e. The Morgan fingerprint density at radius 2 is 1.67 bits per heavy atom. The van der Waals surface area contributed by atoms with Crippen LogP contribution in [0.3, 0.4) is 0 Å². The van der Waals surface area contributed by atoms with Gasteiger partial charge in [0.1, 0.15) is 17.4 Å². The molecule has 0 aliphatic carbocycles. The number of rotatable bonds is 10. The highest BCUT2D eigenvalue weighted by Gasteiger charge is 2.41. The summed E-state index contributed by atoms with van der Waals surface area (Å²) in [6.07, 6.45) is 5.56. The number of aryl methyl sites for hydroxylation is 1. The third-order valence-corrected chi connectivity index (χ3v) is 8.20. The van der Waals surface area contributed by atoms with Gasteiger partial charge in [-0.05, 0) is 60.0 Å². The van der Waals surface area contributed by atoms with Gasteiger partial charge >= 0.3 is 6.18 Å². The van der Waals surface area contributed by atoms with Crippen molar-refractivity contribution in [3.05, 3.63) is 118 Å². The van der Waals surface area contributed by atoms with Gasteiger partial charge in [0, 0.05) is 42.9 Å². The van der Waals surface area contributed by atoms with Gasteiger partial charge < -0.3 is 9.64 Å². The lowest BCUT2D eigenvalue weighted by Gasteiger charge is -2.27. The molecule has 0 unspecified atom stereocenters. The number of aromatic nitrogens is 1. The number of allylic oxidation sites excluding steroid dienone is 2. The molecule has 2 aliphatic rings. The molecule has 0 fully saturated rings. The number of nitrogens with zero attached hydrogens (tertiary/aromatic N) is 4. The number of carbonyl (C=O) groups is 1. The fraction of sp³-hybridized carbons (Fsp3) is 0.429. The monoisotopic (exact) mass is 717 g/mol.